The molecule has 10 heteroatoms. The second-order valence-electron chi connectivity index (χ2n) is 18.9. The molecule has 8 unspecified atom stereocenters. The Bertz CT molecular complexity index is 988. The predicted molar refractivity (Wildman–Crippen MR) is 239 cm³/mol. The van der Waals surface area contributed by atoms with Gasteiger partial charge in [0.25, 0.3) is 0 Å². The molecule has 0 aromatic heterocycles. The quantitative estimate of drug-likeness (QED) is 0.0402. The Kier molecular flexibility index (Phi) is 23.0. The lowest BCUT2D eigenvalue weighted by Gasteiger charge is -2.44. The average Bonchev–Trinajstić information content (AvgIpc) is 4.16. The number of aliphatic carboxylic acids is 1. The predicted octanol–water partition coefficient (Wildman–Crippen LogP) is 8.77. The molecule has 0 aromatic carbocycles. The van der Waals surface area contributed by atoms with Gasteiger partial charge >= 0.3 is 5.97 Å². The van der Waals surface area contributed by atoms with Crippen molar-refractivity contribution in [1.82, 2.24) is 19.6 Å². The van der Waals surface area contributed by atoms with Crippen LogP contribution >= 0.6 is 0 Å². The van der Waals surface area contributed by atoms with Gasteiger partial charge in [-0.05, 0) is 51.4 Å². The van der Waals surface area contributed by atoms with Crippen molar-refractivity contribution >= 4 is 5.97 Å². The third-order valence-corrected chi connectivity index (χ3v) is 14.6. The van der Waals surface area contributed by atoms with Crippen molar-refractivity contribution in [3.05, 3.63) is 0 Å². The number of carboxylic acid groups (broad SMARTS) is 1. The molecule has 4 rings (SSSR count). The van der Waals surface area contributed by atoms with E-state index in [0.717, 1.165) is 25.7 Å². The number of hydrogen-bond donors (Lipinski definition) is 5. The van der Waals surface area contributed by atoms with Crippen LogP contribution in [0.1, 0.15) is 209 Å². The van der Waals surface area contributed by atoms with Gasteiger partial charge in [-0.2, -0.15) is 0 Å². The van der Waals surface area contributed by atoms with Crippen molar-refractivity contribution < 1.29 is 30.3 Å². The molecule has 0 saturated carbocycles. The van der Waals surface area contributed by atoms with E-state index in [0.29, 0.717) is 48.3 Å². The van der Waals surface area contributed by atoms with Crippen molar-refractivity contribution in [3.8, 4) is 0 Å². The van der Waals surface area contributed by atoms with Gasteiger partial charge in [0, 0.05) is 48.3 Å². The number of carbonyl (C=O) groups is 1. The first-order chi connectivity index (χ1) is 28.1. The fourth-order valence-electron chi connectivity index (χ4n) is 10.7. The van der Waals surface area contributed by atoms with Crippen LogP contribution in [0.25, 0.3) is 0 Å². The molecule has 5 N–H and O–H groups in total. The minimum atomic E-state index is -1.11. The van der Waals surface area contributed by atoms with Gasteiger partial charge < -0.3 is 25.5 Å². The van der Waals surface area contributed by atoms with E-state index in [-0.39, 0.29) is 6.17 Å². The molecule has 0 bridgehead atoms. The molecule has 0 spiro atoms. The molecule has 0 amide bonds. The maximum atomic E-state index is 14.9. The van der Waals surface area contributed by atoms with Crippen LogP contribution in [0.4, 0.5) is 0 Å². The highest BCUT2D eigenvalue weighted by atomic mass is 16.4. The number of unbranched alkanes of at least 4 members (excludes halogenated alkanes) is 8. The van der Waals surface area contributed by atoms with Crippen molar-refractivity contribution in [2.75, 3.05) is 26.4 Å². The van der Waals surface area contributed by atoms with Gasteiger partial charge in [0.05, 0.1) is 31.8 Å². The summed E-state index contributed by atoms with van der Waals surface area (Å²) in [4.78, 5) is 26.0. The molecule has 58 heavy (non-hydrogen) atoms. The van der Waals surface area contributed by atoms with Gasteiger partial charge in [-0.3, -0.25) is 19.6 Å². The van der Waals surface area contributed by atoms with E-state index in [1.165, 1.54) is 128 Å². The smallest absolute Gasteiger partial charge is 0.342 e. The molecule has 0 radical (unpaired) electrons. The summed E-state index contributed by atoms with van der Waals surface area (Å²) in [6.45, 7) is 16.9. The van der Waals surface area contributed by atoms with Gasteiger partial charge in [0.2, 0.25) is 5.66 Å². The lowest BCUT2D eigenvalue weighted by Crippen LogP contribution is -2.69. The highest BCUT2D eigenvalue weighted by molar-refractivity contribution is 5.81. The van der Waals surface area contributed by atoms with Gasteiger partial charge in [-0.25, -0.2) is 4.79 Å². The highest BCUT2D eigenvalue weighted by Gasteiger charge is 2.79. The van der Waals surface area contributed by atoms with Crippen LogP contribution in [-0.4, -0.2) is 138 Å². The molecule has 8 atom stereocenters. The van der Waals surface area contributed by atoms with Crippen LogP contribution < -0.4 is 0 Å². The molecular weight excluding hydrogens is 729 g/mol. The number of carboxylic acids is 1. The minimum absolute atomic E-state index is 0.0519. The van der Waals surface area contributed by atoms with E-state index in [2.05, 4.69) is 75.0 Å². The maximum absolute atomic E-state index is 14.9. The molecule has 10 nitrogen and oxygen atoms in total. The Balaban J connectivity index is 0.000000891. The Morgan fingerprint density at radius 2 is 0.621 bits per heavy atom. The Morgan fingerprint density at radius 3 is 0.776 bits per heavy atom. The van der Waals surface area contributed by atoms with E-state index < -0.39 is 43.5 Å². The Hall–Kier alpha value is -0.850. The molecule has 4 saturated heterocycles. The Labute approximate surface area is 356 Å². The van der Waals surface area contributed by atoms with Gasteiger partial charge in [-0.1, -0.05) is 158 Å². The molecule has 4 aliphatic heterocycles. The summed E-state index contributed by atoms with van der Waals surface area (Å²) in [5.74, 6) is -0.524. The monoisotopic (exact) mass is 823 g/mol. The zero-order valence-corrected chi connectivity index (χ0v) is 38.9. The standard InChI is InChI=1S/C43H82N4O2.C5H12O4/c1-9-17-25-33-34(26-18-10-2)44(33)41(45-35(27-19-11-3)36(45)28-20-12-4)43(42(48)49,46-37(29-21-13-5)38(46)30-22-14-6)47-39(31-23-15-7)40(47)32-24-16-8;6-1-5(2-7,3-8)4-9/h33-41H,9-32H2,1-8H3,(H,48,49);6-9H,1-4H2. The van der Waals surface area contributed by atoms with Crippen molar-refractivity contribution in [1.29, 1.82) is 0 Å². The van der Waals surface area contributed by atoms with Crippen LogP contribution in [0, 0.1) is 5.41 Å². The summed E-state index contributed by atoms with van der Waals surface area (Å²) in [5, 5.41) is 46.2. The molecular formula is C48H94N4O6. The van der Waals surface area contributed by atoms with Gasteiger partial charge in [0.1, 0.15) is 6.17 Å². The molecule has 4 heterocycles. The normalized spacial score (nSPS) is 32.6. The first-order valence-electron chi connectivity index (χ1n) is 24.9. The molecule has 0 aliphatic carbocycles. The summed E-state index contributed by atoms with van der Waals surface area (Å²) >= 11 is 0. The van der Waals surface area contributed by atoms with E-state index >= 15 is 0 Å². The van der Waals surface area contributed by atoms with Gasteiger partial charge in [0.15, 0.2) is 0 Å². The van der Waals surface area contributed by atoms with Crippen LogP contribution in [-0.2, 0) is 4.79 Å². The topological polar surface area (TPSA) is 130 Å². The Morgan fingerprint density at radius 1 is 0.414 bits per heavy atom. The fourth-order valence-corrected chi connectivity index (χ4v) is 10.7. The molecule has 0 aromatic rings. The zero-order valence-electron chi connectivity index (χ0n) is 38.9. The van der Waals surface area contributed by atoms with Crippen molar-refractivity contribution in [2.45, 2.75) is 270 Å². The molecule has 4 aliphatic rings. The number of hydrogen-bond acceptors (Lipinski definition) is 9. The third kappa shape index (κ3) is 12.2. The third-order valence-electron chi connectivity index (χ3n) is 14.6. The summed E-state index contributed by atoms with van der Waals surface area (Å²) < 4.78 is 0. The minimum Gasteiger partial charge on any atom is -0.479 e. The molecule has 342 valence electrons. The number of nitrogens with zero attached hydrogens (tertiary/aromatic N) is 4. The second-order valence-corrected chi connectivity index (χ2v) is 18.9. The summed E-state index contributed by atoms with van der Waals surface area (Å²) in [5.41, 5.74) is -2.08. The van der Waals surface area contributed by atoms with Crippen molar-refractivity contribution in [3.63, 3.8) is 0 Å². The second kappa shape index (κ2) is 25.9. The average molecular weight is 823 g/mol. The van der Waals surface area contributed by atoms with Crippen LogP contribution in [0.3, 0.4) is 0 Å². The largest absolute Gasteiger partial charge is 0.479 e. The number of rotatable bonds is 34. The van der Waals surface area contributed by atoms with E-state index in [4.69, 9.17) is 20.4 Å². The fraction of sp³-hybridized carbons (Fsp3) is 0.979. The first kappa shape index (κ1) is 51.5. The lowest BCUT2D eigenvalue weighted by molar-refractivity contribution is -0.168. The first-order valence-corrected chi connectivity index (χ1v) is 24.9. The summed E-state index contributed by atoms with van der Waals surface area (Å²) in [6, 6.07) is 3.71. The lowest BCUT2D eigenvalue weighted by atomic mass is 9.93. The summed E-state index contributed by atoms with van der Waals surface area (Å²) in [6.07, 6.45) is 28.9. The van der Waals surface area contributed by atoms with Crippen molar-refractivity contribution in [2.24, 2.45) is 5.41 Å². The van der Waals surface area contributed by atoms with E-state index in [1.807, 2.05) is 0 Å². The van der Waals surface area contributed by atoms with E-state index in [9.17, 15) is 9.90 Å². The summed E-state index contributed by atoms with van der Waals surface area (Å²) in [7, 11) is 0. The number of aliphatic hydroxyl groups is 4. The van der Waals surface area contributed by atoms with Crippen LogP contribution in [0.15, 0.2) is 0 Å². The van der Waals surface area contributed by atoms with Crippen LogP contribution in [0.5, 0.6) is 0 Å². The van der Waals surface area contributed by atoms with Gasteiger partial charge in [-0.15, -0.1) is 0 Å². The SMILES string of the molecule is CCCCC1C(CCCC)N1C(N1C(CCCC)C1CCCC)C(C(=O)O)(N1C(CCCC)C1CCCC)N1C(CCCC)C1CCCC.OCC(CO)(CO)CO. The highest BCUT2D eigenvalue weighted by Crippen LogP contribution is 2.60. The van der Waals surface area contributed by atoms with Crippen LogP contribution in [0.2, 0.25) is 0 Å². The maximum Gasteiger partial charge on any atom is 0.342 e. The number of aliphatic hydroxyl groups excluding tert-OH is 4. The molecule has 4 fully saturated rings. The zero-order chi connectivity index (χ0) is 42.9. The van der Waals surface area contributed by atoms with E-state index in [1.54, 1.807) is 0 Å².